The van der Waals surface area contributed by atoms with Crippen molar-refractivity contribution in [1.82, 2.24) is 0 Å². The van der Waals surface area contributed by atoms with Gasteiger partial charge in [-0.25, -0.2) is 0 Å². The first-order valence-electron chi connectivity index (χ1n) is 5.95. The van der Waals surface area contributed by atoms with Crippen molar-refractivity contribution in [1.29, 1.82) is 0 Å². The predicted molar refractivity (Wildman–Crippen MR) is 76.2 cm³/mol. The van der Waals surface area contributed by atoms with Crippen molar-refractivity contribution in [3.8, 4) is 11.1 Å². The molecular formula is C16H17B. The minimum Gasteiger partial charge on any atom is -0.0904 e. The van der Waals surface area contributed by atoms with Gasteiger partial charge in [-0.15, -0.1) is 0 Å². The van der Waals surface area contributed by atoms with E-state index in [-0.39, 0.29) is 0 Å². The molecule has 2 aromatic carbocycles. The van der Waals surface area contributed by atoms with Crippen LogP contribution in [0, 0.1) is 27.7 Å². The predicted octanol–water partition coefficient (Wildman–Crippen LogP) is 3.38. The van der Waals surface area contributed by atoms with Crippen LogP contribution in [0.25, 0.3) is 11.1 Å². The molecule has 0 fully saturated rings. The van der Waals surface area contributed by atoms with Gasteiger partial charge in [0.1, 0.15) is 7.85 Å². The summed E-state index contributed by atoms with van der Waals surface area (Å²) in [5.41, 5.74) is 8.51. The summed E-state index contributed by atoms with van der Waals surface area (Å²) in [6.45, 7) is 8.51. The summed E-state index contributed by atoms with van der Waals surface area (Å²) in [5.74, 6) is 0. The third-order valence-corrected chi connectivity index (χ3v) is 3.75. The van der Waals surface area contributed by atoms with Crippen molar-refractivity contribution in [2.45, 2.75) is 27.7 Å². The van der Waals surface area contributed by atoms with Gasteiger partial charge in [-0.1, -0.05) is 46.9 Å². The van der Waals surface area contributed by atoms with Gasteiger partial charge < -0.3 is 0 Å². The van der Waals surface area contributed by atoms with Gasteiger partial charge >= 0.3 is 0 Å². The lowest BCUT2D eigenvalue weighted by Crippen LogP contribution is -2.16. The van der Waals surface area contributed by atoms with Crippen molar-refractivity contribution >= 4 is 13.3 Å². The van der Waals surface area contributed by atoms with Crippen molar-refractivity contribution in [3.05, 3.63) is 52.6 Å². The van der Waals surface area contributed by atoms with Crippen LogP contribution in [0.3, 0.4) is 0 Å². The molecule has 0 N–H and O–H groups in total. The molecule has 0 bridgehead atoms. The topological polar surface area (TPSA) is 0 Å². The van der Waals surface area contributed by atoms with Crippen molar-refractivity contribution in [2.24, 2.45) is 0 Å². The molecule has 0 aliphatic carbocycles. The molecule has 2 aromatic rings. The summed E-state index contributed by atoms with van der Waals surface area (Å²) in [6.07, 6.45) is 0. The maximum Gasteiger partial charge on any atom is 0.114 e. The van der Waals surface area contributed by atoms with Gasteiger partial charge in [0.2, 0.25) is 0 Å². The maximum atomic E-state index is 6.13. The fraction of sp³-hybridized carbons (Fsp3) is 0.250. The van der Waals surface area contributed by atoms with E-state index in [4.69, 9.17) is 7.85 Å². The lowest BCUT2D eigenvalue weighted by Gasteiger charge is -2.19. The van der Waals surface area contributed by atoms with Crippen molar-refractivity contribution < 1.29 is 0 Å². The van der Waals surface area contributed by atoms with Crippen LogP contribution >= 0.6 is 0 Å². The monoisotopic (exact) mass is 220 g/mol. The second-order valence-corrected chi connectivity index (χ2v) is 4.65. The Kier molecular flexibility index (Phi) is 3.10. The van der Waals surface area contributed by atoms with Gasteiger partial charge in [0.05, 0.1) is 0 Å². The molecule has 0 spiro atoms. The molecule has 2 rings (SSSR count). The highest BCUT2D eigenvalue weighted by Crippen LogP contribution is 2.29. The highest BCUT2D eigenvalue weighted by molar-refractivity contribution is 6.34. The molecular weight excluding hydrogens is 203 g/mol. The van der Waals surface area contributed by atoms with Crippen LogP contribution in [0.15, 0.2) is 30.3 Å². The Morgan fingerprint density at radius 1 is 0.706 bits per heavy atom. The van der Waals surface area contributed by atoms with Crippen LogP contribution in [0.2, 0.25) is 0 Å². The van der Waals surface area contributed by atoms with Crippen LogP contribution < -0.4 is 5.46 Å². The maximum absolute atomic E-state index is 6.13. The van der Waals surface area contributed by atoms with Gasteiger partial charge in [-0.3, -0.25) is 0 Å². The molecule has 2 radical (unpaired) electrons. The fourth-order valence-corrected chi connectivity index (χ4v) is 2.38. The van der Waals surface area contributed by atoms with Crippen LogP contribution in [-0.4, -0.2) is 7.85 Å². The Hall–Kier alpha value is -1.50. The van der Waals surface area contributed by atoms with Gasteiger partial charge in [0, 0.05) is 0 Å². The standard InChI is InChI=1S/C16H17B/c1-10-12(3)16(17)13(4)11(2)15(10)14-8-6-5-7-9-14/h5-9H,1-4H3. The molecule has 0 saturated carbocycles. The zero-order chi connectivity index (χ0) is 12.6. The molecule has 0 saturated heterocycles. The van der Waals surface area contributed by atoms with E-state index in [1.807, 2.05) is 6.07 Å². The van der Waals surface area contributed by atoms with Gasteiger partial charge in [-0.05, 0) is 49.9 Å². The third-order valence-electron chi connectivity index (χ3n) is 3.75. The van der Waals surface area contributed by atoms with Gasteiger partial charge in [0.15, 0.2) is 0 Å². The Bertz CT molecular complexity index is 524. The van der Waals surface area contributed by atoms with Crippen LogP contribution in [0.5, 0.6) is 0 Å². The Morgan fingerprint density at radius 3 is 1.65 bits per heavy atom. The smallest absolute Gasteiger partial charge is 0.0904 e. The van der Waals surface area contributed by atoms with E-state index in [1.54, 1.807) is 0 Å². The van der Waals surface area contributed by atoms with E-state index < -0.39 is 0 Å². The zero-order valence-corrected chi connectivity index (χ0v) is 11.0. The molecule has 0 unspecified atom stereocenters. The van der Waals surface area contributed by atoms with Crippen LogP contribution in [-0.2, 0) is 0 Å². The lowest BCUT2D eigenvalue weighted by molar-refractivity contribution is 1.27. The molecule has 0 aliphatic heterocycles. The number of benzene rings is 2. The summed E-state index contributed by atoms with van der Waals surface area (Å²) in [7, 11) is 6.13. The van der Waals surface area contributed by atoms with E-state index in [1.165, 1.54) is 33.4 Å². The summed E-state index contributed by atoms with van der Waals surface area (Å²) in [4.78, 5) is 0. The van der Waals surface area contributed by atoms with Crippen LogP contribution in [0.4, 0.5) is 0 Å². The zero-order valence-electron chi connectivity index (χ0n) is 11.0. The molecule has 0 aromatic heterocycles. The second kappa shape index (κ2) is 4.41. The first-order valence-corrected chi connectivity index (χ1v) is 5.95. The van der Waals surface area contributed by atoms with E-state index in [2.05, 4.69) is 52.0 Å². The minimum absolute atomic E-state index is 0.930. The first kappa shape index (κ1) is 12.0. The molecule has 17 heavy (non-hydrogen) atoms. The van der Waals surface area contributed by atoms with Gasteiger partial charge in [0.25, 0.3) is 0 Å². The largest absolute Gasteiger partial charge is 0.114 e. The fourth-order valence-electron chi connectivity index (χ4n) is 2.38. The summed E-state index contributed by atoms with van der Waals surface area (Å²) >= 11 is 0. The molecule has 0 amide bonds. The molecule has 0 aliphatic rings. The Balaban J connectivity index is 2.80. The van der Waals surface area contributed by atoms with E-state index in [0.717, 1.165) is 5.46 Å². The number of hydrogen-bond donors (Lipinski definition) is 0. The van der Waals surface area contributed by atoms with E-state index in [0.29, 0.717) is 0 Å². The van der Waals surface area contributed by atoms with E-state index >= 15 is 0 Å². The SMILES string of the molecule is [B]c1c(C)c(C)c(-c2ccccc2)c(C)c1C. The average molecular weight is 220 g/mol. The quantitative estimate of drug-likeness (QED) is 0.646. The normalized spacial score (nSPS) is 10.6. The molecule has 84 valence electrons. The molecule has 0 nitrogen and oxygen atoms in total. The van der Waals surface area contributed by atoms with Crippen molar-refractivity contribution in [3.63, 3.8) is 0 Å². The highest BCUT2D eigenvalue weighted by atomic mass is 14.2. The van der Waals surface area contributed by atoms with Crippen molar-refractivity contribution in [2.75, 3.05) is 0 Å². The summed E-state index contributed by atoms with van der Waals surface area (Å²) in [6, 6.07) is 10.5. The third kappa shape index (κ3) is 1.91. The Labute approximate surface area is 105 Å². The lowest BCUT2D eigenvalue weighted by atomic mass is 9.78. The Morgan fingerprint density at radius 2 is 1.18 bits per heavy atom. The average Bonchev–Trinajstić information content (AvgIpc) is 2.36. The van der Waals surface area contributed by atoms with E-state index in [9.17, 15) is 0 Å². The molecule has 0 heterocycles. The second-order valence-electron chi connectivity index (χ2n) is 4.65. The first-order chi connectivity index (χ1) is 8.04. The minimum atomic E-state index is 0.930. The summed E-state index contributed by atoms with van der Waals surface area (Å²) in [5, 5.41) is 0. The molecule has 1 heteroatoms. The molecule has 0 atom stereocenters. The van der Waals surface area contributed by atoms with Gasteiger partial charge in [-0.2, -0.15) is 0 Å². The number of rotatable bonds is 1. The highest BCUT2D eigenvalue weighted by Gasteiger charge is 2.12. The number of hydrogen-bond acceptors (Lipinski definition) is 0. The van der Waals surface area contributed by atoms with Crippen LogP contribution in [0.1, 0.15) is 22.3 Å². The summed E-state index contributed by atoms with van der Waals surface area (Å²) < 4.78 is 0.